The lowest BCUT2D eigenvalue weighted by Crippen LogP contribution is -2.11. The fourth-order valence-corrected chi connectivity index (χ4v) is 4.79. The van der Waals surface area contributed by atoms with Crippen LogP contribution in [0.5, 0.6) is 0 Å². The van der Waals surface area contributed by atoms with Crippen molar-refractivity contribution in [3.63, 3.8) is 0 Å². The van der Waals surface area contributed by atoms with Crippen LogP contribution in [0.25, 0.3) is 11.1 Å². The van der Waals surface area contributed by atoms with Gasteiger partial charge >= 0.3 is 7.80 Å². The van der Waals surface area contributed by atoms with Crippen LogP contribution in [0.3, 0.4) is 0 Å². The zero-order valence-electron chi connectivity index (χ0n) is 11.4. The first-order valence-corrected chi connectivity index (χ1v) is 9.45. The quantitative estimate of drug-likeness (QED) is 0.425. The number of aromatic nitrogens is 1. The minimum Gasteiger partial charge on any atom is -0.245 e. The topological polar surface area (TPSA) is 30.0 Å². The van der Waals surface area contributed by atoms with Crippen molar-refractivity contribution in [3.05, 3.63) is 75.9 Å². The highest BCUT2D eigenvalue weighted by molar-refractivity contribution is 9.11. The molecule has 1 aromatic heterocycles. The van der Waals surface area contributed by atoms with Gasteiger partial charge in [0.2, 0.25) is 10.6 Å². The van der Waals surface area contributed by atoms with E-state index in [1.54, 1.807) is 12.3 Å². The van der Waals surface area contributed by atoms with Crippen LogP contribution < -0.4 is 10.6 Å². The predicted octanol–water partition coefficient (Wildman–Crippen LogP) is 5.05. The Morgan fingerprint density at radius 1 is 0.773 bits per heavy atom. The number of rotatable bonds is 3. The summed E-state index contributed by atoms with van der Waals surface area (Å²) in [6.45, 7) is 0. The molecule has 1 atom stereocenters. The highest BCUT2D eigenvalue weighted by Crippen LogP contribution is 2.33. The maximum atomic E-state index is 13.0. The summed E-state index contributed by atoms with van der Waals surface area (Å²) in [6, 6.07) is 19.4. The molecule has 0 fully saturated rings. The van der Waals surface area contributed by atoms with Gasteiger partial charge in [-0.15, -0.1) is 0 Å². The van der Waals surface area contributed by atoms with Crippen LogP contribution in [-0.4, -0.2) is 4.98 Å². The van der Waals surface area contributed by atoms with Crippen molar-refractivity contribution in [3.8, 4) is 11.1 Å². The molecule has 3 aromatic rings. The molecule has 22 heavy (non-hydrogen) atoms. The molecular weight excluding hydrogens is 425 g/mol. The van der Waals surface area contributed by atoms with E-state index in [2.05, 4.69) is 36.8 Å². The largest absolute Gasteiger partial charge is 0.418 e. The molecule has 2 nitrogen and oxygen atoms in total. The second kappa shape index (κ2) is 6.82. The zero-order chi connectivity index (χ0) is 15.5. The van der Waals surface area contributed by atoms with E-state index in [1.807, 2.05) is 54.6 Å². The van der Waals surface area contributed by atoms with Gasteiger partial charge < -0.3 is 0 Å². The summed E-state index contributed by atoms with van der Waals surface area (Å²) in [6.07, 6.45) is 1.68. The van der Waals surface area contributed by atoms with Gasteiger partial charge in [0.15, 0.2) is 4.60 Å². The molecule has 1 unspecified atom stereocenters. The third-order valence-electron chi connectivity index (χ3n) is 3.25. The molecule has 1 heterocycles. The first kappa shape index (κ1) is 15.5. The second-order valence-electron chi connectivity index (χ2n) is 4.60. The molecule has 0 aliphatic rings. The fourth-order valence-electron chi connectivity index (χ4n) is 2.22. The van der Waals surface area contributed by atoms with Gasteiger partial charge in [-0.2, -0.15) is 0 Å². The lowest BCUT2D eigenvalue weighted by Gasteiger charge is -2.05. The van der Waals surface area contributed by atoms with Gasteiger partial charge in [-0.05, 0) is 46.3 Å². The normalized spacial score (nSPS) is 11.3. The van der Waals surface area contributed by atoms with Gasteiger partial charge in [0.05, 0.1) is 0 Å². The third kappa shape index (κ3) is 3.05. The second-order valence-corrected chi connectivity index (χ2v) is 7.76. The molecule has 108 valence electrons. The molecule has 0 saturated carbocycles. The van der Waals surface area contributed by atoms with Gasteiger partial charge in [0.1, 0.15) is 0 Å². The molecule has 0 N–H and O–H groups in total. The Morgan fingerprint density at radius 2 is 1.41 bits per heavy atom. The monoisotopic (exact) mass is 434 g/mol. The summed E-state index contributed by atoms with van der Waals surface area (Å²) in [5.41, 5.74) is 1.99. The number of nitrogens with zero attached hydrogens (tertiary/aromatic N) is 1. The lowest BCUT2D eigenvalue weighted by molar-refractivity contribution is 0.598. The molecule has 0 bridgehead atoms. The van der Waals surface area contributed by atoms with Crippen LogP contribution in [0.15, 0.2) is 75.9 Å². The summed E-state index contributed by atoms with van der Waals surface area (Å²) in [5, 5.41) is 1.51. The van der Waals surface area contributed by atoms with Crippen LogP contribution in [0.2, 0.25) is 0 Å². The predicted molar refractivity (Wildman–Crippen MR) is 98.4 cm³/mol. The van der Waals surface area contributed by atoms with Gasteiger partial charge in [-0.1, -0.05) is 50.8 Å². The Morgan fingerprint density at radius 3 is 2.14 bits per heavy atom. The van der Waals surface area contributed by atoms with Crippen molar-refractivity contribution in [2.75, 3.05) is 0 Å². The van der Waals surface area contributed by atoms with E-state index >= 15 is 0 Å². The maximum Gasteiger partial charge on any atom is 0.418 e. The van der Waals surface area contributed by atoms with E-state index in [-0.39, 0.29) is 0 Å². The third-order valence-corrected chi connectivity index (χ3v) is 6.50. The molecule has 0 aliphatic carbocycles. The van der Waals surface area contributed by atoms with Crippen LogP contribution in [0, 0.1) is 0 Å². The lowest BCUT2D eigenvalue weighted by atomic mass is 10.1. The van der Waals surface area contributed by atoms with Gasteiger partial charge in [0.25, 0.3) is 0 Å². The van der Waals surface area contributed by atoms with Crippen molar-refractivity contribution in [2.45, 2.75) is 0 Å². The molecule has 0 amide bonds. The maximum absolute atomic E-state index is 13.0. The smallest absolute Gasteiger partial charge is 0.245 e. The Labute approximate surface area is 146 Å². The van der Waals surface area contributed by atoms with E-state index in [1.165, 1.54) is 0 Å². The molecule has 0 spiro atoms. The number of hydrogen-bond donors (Lipinski definition) is 0. The molecule has 5 heteroatoms. The number of halogens is 2. The Balaban J connectivity index is 2.16. The summed E-state index contributed by atoms with van der Waals surface area (Å²) in [7, 11) is -1.73. The van der Waals surface area contributed by atoms with Crippen molar-refractivity contribution >= 4 is 50.3 Å². The van der Waals surface area contributed by atoms with Crippen LogP contribution >= 0.6 is 39.7 Å². The van der Waals surface area contributed by atoms with E-state index in [4.69, 9.17) is 0 Å². The van der Waals surface area contributed by atoms with E-state index < -0.39 is 7.80 Å². The summed E-state index contributed by atoms with van der Waals surface area (Å²) in [5.74, 6) is 0. The van der Waals surface area contributed by atoms with Gasteiger partial charge in [0, 0.05) is 21.8 Å². The Bertz CT molecular complexity index is 851. The first-order chi connectivity index (χ1) is 10.7. The molecule has 0 saturated heterocycles. The van der Waals surface area contributed by atoms with Crippen LogP contribution in [-0.2, 0) is 4.57 Å². The number of hydrogen-bond acceptors (Lipinski definition) is 2. The van der Waals surface area contributed by atoms with Crippen LogP contribution in [0.4, 0.5) is 0 Å². The number of pyridine rings is 1. The number of benzene rings is 2. The van der Waals surface area contributed by atoms with Crippen LogP contribution in [0.1, 0.15) is 0 Å². The average molecular weight is 436 g/mol. The van der Waals surface area contributed by atoms with Gasteiger partial charge in [-0.25, -0.2) is 4.98 Å². The minimum absolute atomic E-state index is 0.623. The molecule has 0 aliphatic heterocycles. The van der Waals surface area contributed by atoms with Crippen molar-refractivity contribution < 1.29 is 4.57 Å². The van der Waals surface area contributed by atoms with E-state index in [0.717, 1.165) is 20.9 Å². The molecule has 0 radical (unpaired) electrons. The summed E-state index contributed by atoms with van der Waals surface area (Å²) >= 11 is 6.96. The Kier molecular flexibility index (Phi) is 4.82. The van der Waals surface area contributed by atoms with E-state index in [9.17, 15) is 4.57 Å². The zero-order valence-corrected chi connectivity index (χ0v) is 15.5. The highest BCUT2D eigenvalue weighted by atomic mass is 79.9. The molecule has 2 aromatic carbocycles. The summed E-state index contributed by atoms with van der Waals surface area (Å²) < 4.78 is 14.6. The van der Waals surface area contributed by atoms with E-state index in [0.29, 0.717) is 9.91 Å². The molecule has 3 rings (SSSR count). The Hall–Kier alpha value is -1.35. The van der Waals surface area contributed by atoms with Crippen molar-refractivity contribution in [1.82, 2.24) is 4.98 Å². The SMILES string of the molecule is O=[P+](c1ccccc1-c1ccccc1Br)c1cccnc1Br. The average Bonchev–Trinajstić information content (AvgIpc) is 2.55. The molecular formula is C17H11Br2NOP+. The van der Waals surface area contributed by atoms with Gasteiger partial charge in [-0.3, -0.25) is 0 Å². The standard InChI is InChI=1S/C17H11Br2NOP/c18-14-8-3-1-6-12(14)13-7-2-4-9-15(13)22(21)16-10-5-11-20-17(16)19/h1-11H/q+1. The first-order valence-electron chi connectivity index (χ1n) is 6.60. The van der Waals surface area contributed by atoms with Crippen molar-refractivity contribution in [2.24, 2.45) is 0 Å². The fraction of sp³-hybridized carbons (Fsp3) is 0. The highest BCUT2D eigenvalue weighted by Gasteiger charge is 2.30. The van der Waals surface area contributed by atoms with Crippen molar-refractivity contribution in [1.29, 1.82) is 0 Å². The summed E-state index contributed by atoms with van der Waals surface area (Å²) in [4.78, 5) is 4.17. The minimum atomic E-state index is -1.73.